The number of rotatable bonds is 0. The number of benzene rings is 1. The van der Waals surface area contributed by atoms with Crippen molar-refractivity contribution in [3.63, 3.8) is 0 Å². The highest BCUT2D eigenvalue weighted by Gasteiger charge is 2.26. The van der Waals surface area contributed by atoms with Crippen molar-refractivity contribution in [2.24, 2.45) is 0 Å². The van der Waals surface area contributed by atoms with Gasteiger partial charge in [0.2, 0.25) is 0 Å². The maximum Gasteiger partial charge on any atom is 0.342 e. The molecule has 0 aliphatic carbocycles. The Balaban J connectivity index is 2.43. The van der Waals surface area contributed by atoms with E-state index < -0.39 is 11.7 Å². The molecule has 24 heavy (non-hydrogen) atoms. The minimum Gasteiger partial charge on any atom is -0.507 e. The number of Topliss-reactive ketones (excluding diaryl/α,β-unsaturated/α-hetero) is 1. The molecule has 1 aromatic rings. The fourth-order valence-electron chi connectivity index (χ4n) is 2.64. The van der Waals surface area contributed by atoms with E-state index in [9.17, 15) is 19.8 Å². The van der Waals surface area contributed by atoms with Crippen LogP contribution >= 0.6 is 11.6 Å². The molecule has 0 amide bonds. The van der Waals surface area contributed by atoms with Gasteiger partial charge in [0.1, 0.15) is 28.9 Å². The van der Waals surface area contributed by atoms with Crippen LogP contribution in [0.3, 0.4) is 0 Å². The largest absolute Gasteiger partial charge is 0.507 e. The van der Waals surface area contributed by atoms with E-state index in [-0.39, 0.29) is 40.2 Å². The molecule has 0 spiro atoms. The minimum absolute atomic E-state index is 0.104. The van der Waals surface area contributed by atoms with E-state index in [0.717, 1.165) is 25.3 Å². The molecule has 0 radical (unpaired) electrons. The second-order valence-corrected chi connectivity index (χ2v) is 6.34. The predicted molar refractivity (Wildman–Crippen MR) is 90.6 cm³/mol. The summed E-state index contributed by atoms with van der Waals surface area (Å²) in [5, 5.41) is 19.7. The molecule has 5 nitrogen and oxygen atoms in total. The molecular weight excluding hydrogens is 332 g/mol. The normalized spacial score (nSPS) is 21.5. The summed E-state index contributed by atoms with van der Waals surface area (Å²) in [5.41, 5.74) is -0.0389. The number of phenolic OH excluding ortho intramolecular Hbond substituents is 2. The highest BCUT2D eigenvalue weighted by atomic mass is 35.5. The van der Waals surface area contributed by atoms with Crippen LogP contribution < -0.4 is 0 Å². The third-order valence-electron chi connectivity index (χ3n) is 3.92. The van der Waals surface area contributed by atoms with Crippen LogP contribution in [0.4, 0.5) is 0 Å². The molecule has 2 N–H and O–H groups in total. The van der Waals surface area contributed by atoms with Crippen molar-refractivity contribution in [2.45, 2.75) is 51.6 Å². The lowest BCUT2D eigenvalue weighted by Gasteiger charge is -2.17. The number of hydrogen-bond donors (Lipinski definition) is 2. The van der Waals surface area contributed by atoms with Crippen molar-refractivity contribution in [3.05, 3.63) is 34.4 Å². The number of phenols is 2. The fraction of sp³-hybridized carbons (Fsp3) is 0.444. The van der Waals surface area contributed by atoms with Crippen molar-refractivity contribution in [1.82, 2.24) is 0 Å². The van der Waals surface area contributed by atoms with Gasteiger partial charge in [-0.15, -0.1) is 0 Å². The monoisotopic (exact) mass is 352 g/mol. The topological polar surface area (TPSA) is 83.8 Å². The molecule has 1 atom stereocenters. The molecule has 0 fully saturated rings. The second kappa shape index (κ2) is 8.20. The van der Waals surface area contributed by atoms with Crippen LogP contribution in [0.25, 0.3) is 0 Å². The number of esters is 1. The van der Waals surface area contributed by atoms with E-state index in [4.69, 9.17) is 16.3 Å². The van der Waals surface area contributed by atoms with Gasteiger partial charge in [-0.25, -0.2) is 4.79 Å². The molecule has 0 saturated heterocycles. The smallest absolute Gasteiger partial charge is 0.342 e. The summed E-state index contributed by atoms with van der Waals surface area (Å²) in [6, 6.07) is 0.987. The molecule has 6 heteroatoms. The Labute approximate surface area is 145 Å². The second-order valence-electron chi connectivity index (χ2n) is 5.97. The number of carbonyl (C=O) groups excluding carboxylic acids is 2. The molecule has 1 aliphatic heterocycles. The molecule has 0 aromatic heterocycles. The Morgan fingerprint density at radius 3 is 2.67 bits per heavy atom. The molecule has 0 unspecified atom stereocenters. The van der Waals surface area contributed by atoms with Gasteiger partial charge in [-0.05, 0) is 26.2 Å². The van der Waals surface area contributed by atoms with Crippen molar-refractivity contribution < 1.29 is 24.5 Å². The summed E-state index contributed by atoms with van der Waals surface area (Å²) >= 11 is 6.07. The van der Waals surface area contributed by atoms with Gasteiger partial charge in [0.25, 0.3) is 0 Å². The first-order valence-corrected chi connectivity index (χ1v) is 8.39. The SMILES string of the molecule is C[C@H]1C/C=C\CCCCC(=O)Cc2c(Cl)c(O)cc(O)c2C(=O)O1. The highest BCUT2D eigenvalue weighted by molar-refractivity contribution is 6.33. The van der Waals surface area contributed by atoms with Crippen LogP contribution in [0.2, 0.25) is 5.02 Å². The molecular formula is C18H21ClO5. The summed E-state index contributed by atoms with van der Waals surface area (Å²) in [5.74, 6) is -1.68. The van der Waals surface area contributed by atoms with Crippen LogP contribution in [0.15, 0.2) is 18.2 Å². The lowest BCUT2D eigenvalue weighted by molar-refractivity contribution is -0.118. The standard InChI is InChI=1S/C18H21ClO5/c1-11-7-5-3-2-4-6-8-12(20)9-13-16(18(23)24-11)14(21)10-15(22)17(13)19/h3,5,10-11,21-22H,2,4,6-9H2,1H3/b5-3-/t11-/m0/s1. The number of ether oxygens (including phenoxy) is 1. The molecule has 1 aromatic carbocycles. The number of carbonyl (C=O) groups is 2. The third-order valence-corrected chi connectivity index (χ3v) is 4.34. The van der Waals surface area contributed by atoms with Crippen LogP contribution in [0.5, 0.6) is 11.5 Å². The van der Waals surface area contributed by atoms with Gasteiger partial charge in [0.05, 0.1) is 5.02 Å². The summed E-state index contributed by atoms with van der Waals surface area (Å²) < 4.78 is 5.33. The molecule has 1 heterocycles. The molecule has 2 rings (SSSR count). The lowest BCUT2D eigenvalue weighted by Crippen LogP contribution is -2.18. The average Bonchev–Trinajstić information content (AvgIpc) is 2.50. The first-order valence-electron chi connectivity index (χ1n) is 8.01. The van der Waals surface area contributed by atoms with Crippen molar-refractivity contribution >= 4 is 23.4 Å². The zero-order valence-electron chi connectivity index (χ0n) is 13.5. The van der Waals surface area contributed by atoms with Crippen LogP contribution in [-0.4, -0.2) is 28.1 Å². The lowest BCUT2D eigenvalue weighted by atomic mass is 9.98. The first kappa shape index (κ1) is 18.3. The number of allylic oxidation sites excluding steroid dienone is 1. The number of cyclic esters (lactones) is 1. The van der Waals surface area contributed by atoms with E-state index in [2.05, 4.69) is 0 Å². The summed E-state index contributed by atoms with van der Waals surface area (Å²) in [4.78, 5) is 24.6. The summed E-state index contributed by atoms with van der Waals surface area (Å²) in [6.45, 7) is 1.75. The van der Waals surface area contributed by atoms with Crippen molar-refractivity contribution in [3.8, 4) is 11.5 Å². The van der Waals surface area contributed by atoms with Gasteiger partial charge in [0.15, 0.2) is 0 Å². The minimum atomic E-state index is -0.754. The average molecular weight is 353 g/mol. The van der Waals surface area contributed by atoms with Crippen LogP contribution in [0.1, 0.15) is 54.9 Å². The Hall–Kier alpha value is -2.01. The number of ketones is 1. The molecule has 1 aliphatic rings. The van der Waals surface area contributed by atoms with Crippen molar-refractivity contribution in [1.29, 1.82) is 0 Å². The zero-order chi connectivity index (χ0) is 17.7. The van der Waals surface area contributed by atoms with Gasteiger partial charge in [0, 0.05) is 30.9 Å². The Morgan fingerprint density at radius 2 is 1.92 bits per heavy atom. The Morgan fingerprint density at radius 1 is 1.17 bits per heavy atom. The number of fused-ring (bicyclic) bond motifs is 1. The fourth-order valence-corrected chi connectivity index (χ4v) is 2.86. The van der Waals surface area contributed by atoms with E-state index in [1.54, 1.807) is 6.92 Å². The van der Waals surface area contributed by atoms with Crippen molar-refractivity contribution in [2.75, 3.05) is 0 Å². The maximum atomic E-state index is 12.4. The summed E-state index contributed by atoms with van der Waals surface area (Å²) in [6.07, 6.45) is 6.85. The van der Waals surface area contributed by atoms with Gasteiger partial charge >= 0.3 is 5.97 Å². The van der Waals surface area contributed by atoms with Crippen LogP contribution in [-0.2, 0) is 16.0 Å². The number of hydrogen-bond acceptors (Lipinski definition) is 5. The summed E-state index contributed by atoms with van der Waals surface area (Å²) in [7, 11) is 0. The Bertz CT molecular complexity index is 666. The quantitative estimate of drug-likeness (QED) is 0.546. The third kappa shape index (κ3) is 4.51. The highest BCUT2D eigenvalue weighted by Crippen LogP contribution is 2.37. The molecule has 130 valence electrons. The van der Waals surface area contributed by atoms with Gasteiger partial charge in [-0.2, -0.15) is 0 Å². The predicted octanol–water partition coefficient (Wildman–Crippen LogP) is 3.93. The van der Waals surface area contributed by atoms with E-state index in [1.807, 2.05) is 12.2 Å². The maximum absolute atomic E-state index is 12.4. The van der Waals surface area contributed by atoms with Gasteiger partial charge < -0.3 is 14.9 Å². The molecule has 0 bridgehead atoms. The van der Waals surface area contributed by atoms with E-state index >= 15 is 0 Å². The Kier molecular flexibility index (Phi) is 6.26. The van der Waals surface area contributed by atoms with E-state index in [0.29, 0.717) is 12.8 Å². The first-order chi connectivity index (χ1) is 11.4. The van der Waals surface area contributed by atoms with Crippen LogP contribution in [0, 0.1) is 0 Å². The van der Waals surface area contributed by atoms with Gasteiger partial charge in [-0.3, -0.25) is 4.79 Å². The number of aromatic hydroxyl groups is 2. The number of halogens is 1. The zero-order valence-corrected chi connectivity index (χ0v) is 14.3. The van der Waals surface area contributed by atoms with E-state index in [1.165, 1.54) is 0 Å². The van der Waals surface area contributed by atoms with Gasteiger partial charge in [-0.1, -0.05) is 23.8 Å². The molecule has 0 saturated carbocycles.